The predicted octanol–water partition coefficient (Wildman–Crippen LogP) is 1.18. The zero-order valence-corrected chi connectivity index (χ0v) is 12.7. The maximum atomic E-state index is 11.5. The van der Waals surface area contributed by atoms with Crippen LogP contribution in [0, 0.1) is 0 Å². The fraction of sp³-hybridized carbons (Fsp3) is 0.714. The number of carbonyl (C=O) groups is 1. The van der Waals surface area contributed by atoms with Gasteiger partial charge in [-0.15, -0.1) is 0 Å². The highest BCUT2D eigenvalue weighted by molar-refractivity contribution is 5.79. The first-order valence-corrected chi connectivity index (χ1v) is 7.10. The van der Waals surface area contributed by atoms with Gasteiger partial charge >= 0.3 is 5.97 Å². The molecule has 1 aliphatic heterocycles. The molecule has 1 saturated heterocycles. The summed E-state index contributed by atoms with van der Waals surface area (Å²) in [6.45, 7) is 5.17. The first-order chi connectivity index (χ1) is 9.40. The van der Waals surface area contributed by atoms with Crippen molar-refractivity contribution in [2.75, 3.05) is 18.5 Å². The summed E-state index contributed by atoms with van der Waals surface area (Å²) in [6.07, 6.45) is 5.25. The van der Waals surface area contributed by atoms with Gasteiger partial charge in [-0.1, -0.05) is 0 Å². The van der Waals surface area contributed by atoms with Gasteiger partial charge in [-0.2, -0.15) is 5.10 Å². The number of aliphatic carboxylic acids is 1. The Morgan fingerprint density at radius 2 is 2.25 bits per heavy atom. The van der Waals surface area contributed by atoms with Gasteiger partial charge in [0.15, 0.2) is 0 Å². The van der Waals surface area contributed by atoms with Crippen LogP contribution in [0.15, 0.2) is 12.4 Å². The summed E-state index contributed by atoms with van der Waals surface area (Å²) in [6, 6.07) is 0.243. The van der Waals surface area contributed by atoms with E-state index in [2.05, 4.69) is 30.9 Å². The maximum Gasteiger partial charge on any atom is 0.326 e. The third-order valence-corrected chi connectivity index (χ3v) is 4.16. The van der Waals surface area contributed by atoms with Crippen LogP contribution in [-0.2, 0) is 11.8 Å². The molecule has 0 saturated carbocycles. The van der Waals surface area contributed by atoms with Crippen molar-refractivity contribution in [3.8, 4) is 0 Å². The van der Waals surface area contributed by atoms with Crippen molar-refractivity contribution in [1.29, 1.82) is 0 Å². The number of hydrogen-bond donors (Lipinski definition) is 1. The van der Waals surface area contributed by atoms with Gasteiger partial charge in [0.2, 0.25) is 0 Å². The lowest BCUT2D eigenvalue weighted by atomic mass is 10.2. The van der Waals surface area contributed by atoms with Gasteiger partial charge in [-0.3, -0.25) is 4.68 Å². The van der Waals surface area contributed by atoms with Gasteiger partial charge in [0.1, 0.15) is 6.04 Å². The van der Waals surface area contributed by atoms with Gasteiger partial charge in [-0.25, -0.2) is 4.79 Å². The third-order valence-electron chi connectivity index (χ3n) is 4.16. The fourth-order valence-electron chi connectivity index (χ4n) is 2.78. The summed E-state index contributed by atoms with van der Waals surface area (Å²) in [5, 5.41) is 13.6. The molecule has 1 fully saturated rings. The third kappa shape index (κ3) is 2.95. The van der Waals surface area contributed by atoms with Crippen molar-refractivity contribution >= 4 is 11.7 Å². The van der Waals surface area contributed by atoms with Crippen LogP contribution in [0.3, 0.4) is 0 Å². The molecular formula is C14H24N4O2. The van der Waals surface area contributed by atoms with Crippen LogP contribution in [0.2, 0.25) is 0 Å². The second-order valence-corrected chi connectivity index (χ2v) is 5.90. The van der Waals surface area contributed by atoms with E-state index in [0.29, 0.717) is 12.5 Å². The quantitative estimate of drug-likeness (QED) is 0.877. The zero-order chi connectivity index (χ0) is 14.9. The number of carboxylic acid groups (broad SMARTS) is 1. The van der Waals surface area contributed by atoms with E-state index in [-0.39, 0.29) is 6.04 Å². The first kappa shape index (κ1) is 14.8. The number of aromatic nitrogens is 2. The summed E-state index contributed by atoms with van der Waals surface area (Å²) in [5.41, 5.74) is 0.902. The molecule has 0 aromatic carbocycles. The van der Waals surface area contributed by atoms with Gasteiger partial charge < -0.3 is 14.9 Å². The monoisotopic (exact) mass is 280 g/mol. The largest absolute Gasteiger partial charge is 0.480 e. The number of carboxylic acids is 1. The molecule has 112 valence electrons. The van der Waals surface area contributed by atoms with Crippen molar-refractivity contribution in [2.45, 2.75) is 44.8 Å². The molecule has 0 bridgehead atoms. The van der Waals surface area contributed by atoms with Crippen molar-refractivity contribution in [3.63, 3.8) is 0 Å². The Labute approximate surface area is 120 Å². The van der Waals surface area contributed by atoms with Crippen LogP contribution in [-0.4, -0.2) is 57.5 Å². The molecule has 0 unspecified atom stereocenters. The topological polar surface area (TPSA) is 61.6 Å². The summed E-state index contributed by atoms with van der Waals surface area (Å²) >= 11 is 0. The zero-order valence-electron chi connectivity index (χ0n) is 12.7. The van der Waals surface area contributed by atoms with Crippen LogP contribution in [0.25, 0.3) is 0 Å². The van der Waals surface area contributed by atoms with E-state index in [9.17, 15) is 9.90 Å². The lowest BCUT2D eigenvalue weighted by molar-refractivity contribution is -0.138. The highest BCUT2D eigenvalue weighted by Gasteiger charge is 2.39. The van der Waals surface area contributed by atoms with Gasteiger partial charge in [0.25, 0.3) is 0 Å². The van der Waals surface area contributed by atoms with E-state index < -0.39 is 12.0 Å². The maximum absolute atomic E-state index is 11.5. The molecule has 2 heterocycles. The van der Waals surface area contributed by atoms with E-state index in [0.717, 1.165) is 18.7 Å². The van der Waals surface area contributed by atoms with Crippen molar-refractivity contribution in [2.24, 2.45) is 7.05 Å². The molecule has 1 aliphatic rings. The molecule has 6 nitrogen and oxygen atoms in total. The second-order valence-electron chi connectivity index (χ2n) is 5.90. The van der Waals surface area contributed by atoms with Crippen molar-refractivity contribution in [1.82, 2.24) is 14.7 Å². The average Bonchev–Trinajstić information content (AvgIpc) is 2.95. The Morgan fingerprint density at radius 1 is 1.55 bits per heavy atom. The molecule has 20 heavy (non-hydrogen) atoms. The molecule has 1 aromatic heterocycles. The minimum Gasteiger partial charge on any atom is -0.480 e. The molecule has 6 heteroatoms. The predicted molar refractivity (Wildman–Crippen MR) is 77.9 cm³/mol. The molecule has 2 rings (SSSR count). The lowest BCUT2D eigenvalue weighted by Crippen LogP contribution is -2.46. The first-order valence-electron chi connectivity index (χ1n) is 7.10. The summed E-state index contributed by atoms with van der Waals surface area (Å²) in [5.74, 6) is -0.747. The average molecular weight is 280 g/mol. The highest BCUT2D eigenvalue weighted by Crippen LogP contribution is 2.31. The number of hydrogen-bond acceptors (Lipinski definition) is 4. The standard InChI is InChI=1S/C14H24N4O2/c1-10(2)16(3)8-11-5-6-13(14(19)20)18(11)12-7-15-17(4)9-12/h7,9-11,13H,5-6,8H2,1-4H3,(H,19,20)/t11-,13-/m0/s1. The molecule has 0 amide bonds. The van der Waals surface area contributed by atoms with Crippen LogP contribution < -0.4 is 4.90 Å². The van der Waals surface area contributed by atoms with Crippen LogP contribution in [0.5, 0.6) is 0 Å². The number of nitrogens with zero attached hydrogens (tertiary/aromatic N) is 4. The van der Waals surface area contributed by atoms with Gasteiger partial charge in [0, 0.05) is 31.9 Å². The smallest absolute Gasteiger partial charge is 0.326 e. The van der Waals surface area contributed by atoms with E-state index in [1.807, 2.05) is 18.1 Å². The minimum atomic E-state index is -0.747. The van der Waals surface area contributed by atoms with E-state index in [4.69, 9.17) is 0 Å². The van der Waals surface area contributed by atoms with Crippen LogP contribution in [0.4, 0.5) is 5.69 Å². The Hall–Kier alpha value is -1.56. The van der Waals surface area contributed by atoms with Crippen LogP contribution >= 0.6 is 0 Å². The summed E-state index contributed by atoms with van der Waals surface area (Å²) in [7, 11) is 3.94. The Balaban J connectivity index is 2.21. The Kier molecular flexibility index (Phi) is 4.32. The SMILES string of the molecule is CC(C)N(C)C[C@@H]1CC[C@@H](C(=O)O)N1c1cnn(C)c1. The molecule has 0 spiro atoms. The van der Waals surface area contributed by atoms with Crippen molar-refractivity contribution < 1.29 is 9.90 Å². The van der Waals surface area contributed by atoms with Crippen molar-refractivity contribution in [3.05, 3.63) is 12.4 Å². The van der Waals surface area contributed by atoms with E-state index in [1.165, 1.54) is 0 Å². The van der Waals surface area contributed by atoms with Crippen LogP contribution in [0.1, 0.15) is 26.7 Å². The number of anilines is 1. The Morgan fingerprint density at radius 3 is 2.75 bits per heavy atom. The fourth-order valence-corrected chi connectivity index (χ4v) is 2.78. The molecule has 1 aromatic rings. The molecule has 0 aliphatic carbocycles. The molecule has 2 atom stereocenters. The Bertz CT molecular complexity index is 471. The number of rotatable bonds is 5. The molecule has 1 N–H and O–H groups in total. The normalized spacial score (nSPS) is 23.0. The minimum absolute atomic E-state index is 0.229. The number of likely N-dealkylation sites (N-methyl/N-ethyl adjacent to an activating group) is 1. The molecule has 0 radical (unpaired) electrons. The van der Waals surface area contributed by atoms with Gasteiger partial charge in [-0.05, 0) is 33.7 Å². The summed E-state index contributed by atoms with van der Waals surface area (Å²) in [4.78, 5) is 15.8. The summed E-state index contributed by atoms with van der Waals surface area (Å²) < 4.78 is 1.72. The highest BCUT2D eigenvalue weighted by atomic mass is 16.4. The second kappa shape index (κ2) is 5.83. The lowest BCUT2D eigenvalue weighted by Gasteiger charge is -2.33. The van der Waals surface area contributed by atoms with E-state index in [1.54, 1.807) is 10.9 Å². The van der Waals surface area contributed by atoms with E-state index >= 15 is 0 Å². The number of aryl methyl sites for hydroxylation is 1. The van der Waals surface area contributed by atoms with Gasteiger partial charge in [0.05, 0.1) is 11.9 Å². The molecular weight excluding hydrogens is 256 g/mol.